The van der Waals surface area contributed by atoms with Gasteiger partial charge in [-0.3, -0.25) is 19.3 Å². The van der Waals surface area contributed by atoms with Crippen LogP contribution in [0.25, 0.3) is 0 Å². The number of nitrogens with one attached hydrogen (secondary N) is 1. The van der Waals surface area contributed by atoms with Crippen molar-refractivity contribution in [1.82, 2.24) is 14.9 Å². The normalized spacial score (nSPS) is 18.7. The second-order valence-electron chi connectivity index (χ2n) is 6.67. The van der Waals surface area contributed by atoms with Gasteiger partial charge < -0.3 is 14.8 Å². The minimum atomic E-state index is -0.751. The molecule has 8 nitrogen and oxygen atoms in total. The number of carbonyl (C=O) groups is 2. The summed E-state index contributed by atoms with van der Waals surface area (Å²) in [6, 6.07) is 0. The summed E-state index contributed by atoms with van der Waals surface area (Å²) in [5, 5.41) is 8.99. The van der Waals surface area contributed by atoms with E-state index in [-0.39, 0.29) is 17.3 Å². The molecule has 0 saturated carbocycles. The quantitative estimate of drug-likeness (QED) is 0.751. The van der Waals surface area contributed by atoms with Gasteiger partial charge >= 0.3 is 5.97 Å². The zero-order chi connectivity index (χ0) is 17.8. The molecule has 0 atom stereocenters. The molecule has 1 aromatic heterocycles. The smallest absolute Gasteiger partial charge is 0.306 e. The molecule has 3 heterocycles. The van der Waals surface area contributed by atoms with E-state index < -0.39 is 5.97 Å². The molecule has 25 heavy (non-hydrogen) atoms. The van der Waals surface area contributed by atoms with Crippen LogP contribution in [0.1, 0.15) is 36.3 Å². The first-order chi connectivity index (χ1) is 12.0. The second kappa shape index (κ2) is 7.88. The third kappa shape index (κ3) is 4.52. The summed E-state index contributed by atoms with van der Waals surface area (Å²) in [6.07, 6.45) is 2.53. The first-order valence-electron chi connectivity index (χ1n) is 8.68. The van der Waals surface area contributed by atoms with Crippen LogP contribution in [0.15, 0.2) is 4.79 Å². The fourth-order valence-electron chi connectivity index (χ4n) is 3.34. The molecule has 1 fully saturated rings. The van der Waals surface area contributed by atoms with E-state index in [0.29, 0.717) is 76.3 Å². The van der Waals surface area contributed by atoms with Gasteiger partial charge in [0, 0.05) is 19.3 Å². The fourth-order valence-corrected chi connectivity index (χ4v) is 3.34. The number of H-pyrrole nitrogens is 1. The molecule has 0 aromatic carbocycles. The van der Waals surface area contributed by atoms with Crippen molar-refractivity contribution in [3.05, 3.63) is 27.4 Å². The largest absolute Gasteiger partial charge is 0.481 e. The van der Waals surface area contributed by atoms with Crippen LogP contribution in [0.2, 0.25) is 0 Å². The third-order valence-electron chi connectivity index (χ3n) is 4.86. The Morgan fingerprint density at radius 2 is 2.08 bits per heavy atom. The molecular formula is C17H23N3O5. The third-order valence-corrected chi connectivity index (χ3v) is 4.86. The van der Waals surface area contributed by atoms with E-state index in [9.17, 15) is 14.4 Å². The van der Waals surface area contributed by atoms with Crippen LogP contribution in [-0.2, 0) is 33.8 Å². The van der Waals surface area contributed by atoms with Crippen LogP contribution in [0.3, 0.4) is 0 Å². The zero-order valence-electron chi connectivity index (χ0n) is 14.1. The van der Waals surface area contributed by atoms with Crippen molar-refractivity contribution < 1.29 is 19.4 Å². The van der Waals surface area contributed by atoms with Crippen molar-refractivity contribution >= 4 is 11.8 Å². The molecule has 136 valence electrons. The highest BCUT2D eigenvalue weighted by molar-refractivity contribution is 5.80. The zero-order valence-corrected chi connectivity index (χ0v) is 14.1. The molecule has 2 aliphatic rings. The van der Waals surface area contributed by atoms with Gasteiger partial charge in [0.2, 0.25) is 0 Å². The van der Waals surface area contributed by atoms with Crippen LogP contribution in [-0.4, -0.2) is 58.0 Å². The van der Waals surface area contributed by atoms with Crippen LogP contribution in [0.5, 0.6) is 0 Å². The summed E-state index contributed by atoms with van der Waals surface area (Å²) in [5.74, 6) is -0.417. The van der Waals surface area contributed by atoms with Gasteiger partial charge in [0.1, 0.15) is 11.6 Å². The molecule has 0 unspecified atom stereocenters. The number of carbonyl (C=O) groups excluding carboxylic acids is 1. The number of hydrogen-bond donors (Lipinski definition) is 2. The van der Waals surface area contributed by atoms with E-state index in [0.717, 1.165) is 5.69 Å². The maximum absolute atomic E-state index is 12.2. The summed E-state index contributed by atoms with van der Waals surface area (Å²) < 4.78 is 5.27. The molecule has 1 aromatic rings. The lowest BCUT2D eigenvalue weighted by molar-refractivity contribution is -0.143. The number of aryl methyl sites for hydroxylation is 1. The van der Waals surface area contributed by atoms with E-state index in [4.69, 9.17) is 9.84 Å². The average Bonchev–Trinajstić information content (AvgIpc) is 2.60. The SMILES string of the molecule is O=C(CCc1nc2c(c(=O)[nH]1)COCC2)CN1CCC(C(=O)O)CC1. The van der Waals surface area contributed by atoms with Gasteiger partial charge in [0.25, 0.3) is 5.56 Å². The number of aromatic nitrogens is 2. The number of aliphatic carboxylic acids is 1. The Bertz CT molecular complexity index is 707. The molecule has 0 radical (unpaired) electrons. The molecular weight excluding hydrogens is 326 g/mol. The molecule has 0 amide bonds. The van der Waals surface area contributed by atoms with E-state index in [1.54, 1.807) is 0 Å². The number of likely N-dealkylation sites (tertiary alicyclic amines) is 1. The van der Waals surface area contributed by atoms with Gasteiger partial charge in [-0.05, 0) is 25.9 Å². The minimum Gasteiger partial charge on any atom is -0.481 e. The number of carboxylic acids is 1. The Balaban J connectivity index is 1.49. The summed E-state index contributed by atoms with van der Waals surface area (Å²) >= 11 is 0. The van der Waals surface area contributed by atoms with Gasteiger partial charge in [0.05, 0.1) is 36.9 Å². The number of Topliss-reactive ketones (excluding diaryl/α,β-unsaturated/α-hetero) is 1. The summed E-state index contributed by atoms with van der Waals surface area (Å²) in [4.78, 5) is 44.3. The van der Waals surface area contributed by atoms with Gasteiger partial charge in [-0.1, -0.05) is 0 Å². The highest BCUT2D eigenvalue weighted by Gasteiger charge is 2.25. The lowest BCUT2D eigenvalue weighted by Crippen LogP contribution is -2.39. The Morgan fingerprint density at radius 1 is 1.32 bits per heavy atom. The van der Waals surface area contributed by atoms with E-state index in [1.807, 2.05) is 4.90 Å². The molecule has 0 spiro atoms. The number of carboxylic acid groups (broad SMARTS) is 1. The lowest BCUT2D eigenvalue weighted by atomic mass is 9.97. The monoisotopic (exact) mass is 349 g/mol. The maximum Gasteiger partial charge on any atom is 0.306 e. The van der Waals surface area contributed by atoms with E-state index in [1.165, 1.54) is 0 Å². The van der Waals surface area contributed by atoms with Crippen molar-refractivity contribution in [1.29, 1.82) is 0 Å². The number of piperidine rings is 1. The van der Waals surface area contributed by atoms with Crippen molar-refractivity contribution in [2.24, 2.45) is 5.92 Å². The molecule has 2 aliphatic heterocycles. The summed E-state index contributed by atoms with van der Waals surface area (Å²) in [5.41, 5.74) is 1.18. The Morgan fingerprint density at radius 3 is 2.80 bits per heavy atom. The van der Waals surface area contributed by atoms with Crippen molar-refractivity contribution in [2.75, 3.05) is 26.2 Å². The van der Waals surface area contributed by atoms with Gasteiger partial charge in [-0.15, -0.1) is 0 Å². The number of ketones is 1. The van der Waals surface area contributed by atoms with Crippen LogP contribution in [0.4, 0.5) is 0 Å². The van der Waals surface area contributed by atoms with E-state index >= 15 is 0 Å². The topological polar surface area (TPSA) is 113 Å². The molecule has 0 aliphatic carbocycles. The molecule has 3 rings (SSSR count). The van der Waals surface area contributed by atoms with Crippen LogP contribution >= 0.6 is 0 Å². The predicted molar refractivity (Wildman–Crippen MR) is 88.3 cm³/mol. The fraction of sp³-hybridized carbons (Fsp3) is 0.647. The van der Waals surface area contributed by atoms with Gasteiger partial charge in [0.15, 0.2) is 0 Å². The number of fused-ring (bicyclic) bond motifs is 1. The molecule has 2 N–H and O–H groups in total. The highest BCUT2D eigenvalue weighted by Crippen LogP contribution is 2.17. The number of rotatable bonds is 6. The first-order valence-corrected chi connectivity index (χ1v) is 8.68. The second-order valence-corrected chi connectivity index (χ2v) is 6.67. The Hall–Kier alpha value is -2.06. The number of nitrogens with zero attached hydrogens (tertiary/aromatic N) is 2. The maximum atomic E-state index is 12.2. The summed E-state index contributed by atoms with van der Waals surface area (Å²) in [6.45, 7) is 2.46. The van der Waals surface area contributed by atoms with Crippen LogP contribution < -0.4 is 5.56 Å². The number of hydrogen-bond acceptors (Lipinski definition) is 6. The lowest BCUT2D eigenvalue weighted by Gasteiger charge is -2.29. The van der Waals surface area contributed by atoms with Crippen molar-refractivity contribution in [3.8, 4) is 0 Å². The predicted octanol–water partition coefficient (Wildman–Crippen LogP) is 0.141. The van der Waals surface area contributed by atoms with E-state index in [2.05, 4.69) is 9.97 Å². The number of ether oxygens (including phenoxy) is 1. The standard InChI is InChI=1S/C17H23N3O5/c21-12(9-20-6-3-11(4-7-20)17(23)24)1-2-15-18-14-5-8-25-10-13(14)16(22)19-15/h11H,1-10H2,(H,23,24)(H,18,19,22). The van der Waals surface area contributed by atoms with Gasteiger partial charge in [-0.2, -0.15) is 0 Å². The molecule has 1 saturated heterocycles. The van der Waals surface area contributed by atoms with Crippen molar-refractivity contribution in [2.45, 2.75) is 38.7 Å². The molecule has 0 bridgehead atoms. The first kappa shape index (κ1) is 17.8. The average molecular weight is 349 g/mol. The highest BCUT2D eigenvalue weighted by atomic mass is 16.5. The molecule has 8 heteroatoms. The van der Waals surface area contributed by atoms with Crippen LogP contribution in [0, 0.1) is 5.92 Å². The Labute approximate surface area is 145 Å². The van der Waals surface area contributed by atoms with Gasteiger partial charge in [-0.25, -0.2) is 4.98 Å². The minimum absolute atomic E-state index is 0.0810. The Kier molecular flexibility index (Phi) is 5.60. The summed E-state index contributed by atoms with van der Waals surface area (Å²) in [7, 11) is 0. The number of aromatic amines is 1. The van der Waals surface area contributed by atoms with Crippen molar-refractivity contribution in [3.63, 3.8) is 0 Å².